The van der Waals surface area contributed by atoms with Gasteiger partial charge in [-0.3, -0.25) is 9.59 Å². The summed E-state index contributed by atoms with van der Waals surface area (Å²) < 4.78 is 40.0. The Balaban J connectivity index is 1.34. The van der Waals surface area contributed by atoms with Gasteiger partial charge in [0.25, 0.3) is 0 Å². The van der Waals surface area contributed by atoms with E-state index in [1.807, 2.05) is 36.4 Å². The molecule has 0 fully saturated rings. The monoisotopic (exact) mass is 521 g/mol. The quantitative estimate of drug-likeness (QED) is 0.471. The Labute approximate surface area is 215 Å². The van der Waals surface area contributed by atoms with Crippen molar-refractivity contribution in [1.82, 2.24) is 10.0 Å². The molecule has 2 amide bonds. The summed E-state index contributed by atoms with van der Waals surface area (Å²) in [7, 11) is -4.03. The first-order valence-electron chi connectivity index (χ1n) is 11.9. The van der Waals surface area contributed by atoms with E-state index < -0.39 is 22.0 Å². The molecule has 0 aromatic heterocycles. The zero-order valence-electron chi connectivity index (χ0n) is 20.3. The Kier molecular flexibility index (Phi) is 6.86. The maximum atomic E-state index is 13.4. The highest BCUT2D eigenvalue weighted by Gasteiger charge is 2.29. The Morgan fingerprint density at radius 3 is 2.54 bits per heavy atom. The fourth-order valence-electron chi connectivity index (χ4n) is 4.53. The number of anilines is 1. The highest BCUT2D eigenvalue weighted by molar-refractivity contribution is 7.89. The van der Waals surface area contributed by atoms with Crippen molar-refractivity contribution in [2.24, 2.45) is 0 Å². The van der Waals surface area contributed by atoms with Crippen LogP contribution in [-0.2, 0) is 39.0 Å². The summed E-state index contributed by atoms with van der Waals surface area (Å²) in [4.78, 5) is 26.8. The first-order valence-corrected chi connectivity index (χ1v) is 13.4. The van der Waals surface area contributed by atoms with Gasteiger partial charge in [0, 0.05) is 25.7 Å². The molecule has 0 radical (unpaired) electrons. The van der Waals surface area contributed by atoms with E-state index in [2.05, 4.69) is 10.0 Å². The molecule has 0 saturated heterocycles. The molecule has 2 aliphatic rings. The van der Waals surface area contributed by atoms with Gasteiger partial charge in [0.2, 0.25) is 28.6 Å². The summed E-state index contributed by atoms with van der Waals surface area (Å²) >= 11 is 0. The molecule has 2 aliphatic heterocycles. The number of sulfonamides is 1. The van der Waals surface area contributed by atoms with E-state index in [1.165, 1.54) is 13.0 Å². The Bertz CT molecular complexity index is 1440. The minimum Gasteiger partial charge on any atom is -0.454 e. The summed E-state index contributed by atoms with van der Waals surface area (Å²) in [5.74, 6) is 0.711. The number of nitrogens with one attached hydrogen (secondary N) is 2. The van der Waals surface area contributed by atoms with Crippen LogP contribution >= 0.6 is 0 Å². The summed E-state index contributed by atoms with van der Waals surface area (Å²) in [5, 5.41) is 2.84. The third kappa shape index (κ3) is 5.45. The fourth-order valence-corrected chi connectivity index (χ4v) is 5.77. The van der Waals surface area contributed by atoms with Gasteiger partial charge in [-0.15, -0.1) is 0 Å². The van der Waals surface area contributed by atoms with Crippen molar-refractivity contribution in [2.75, 3.05) is 18.2 Å². The second-order valence-electron chi connectivity index (χ2n) is 8.98. The summed E-state index contributed by atoms with van der Waals surface area (Å²) in [6.45, 7) is 2.35. The Morgan fingerprint density at radius 1 is 0.973 bits per heavy atom. The van der Waals surface area contributed by atoms with E-state index in [9.17, 15) is 18.0 Å². The summed E-state index contributed by atoms with van der Waals surface area (Å²) in [6, 6.07) is 18.2. The first kappa shape index (κ1) is 24.8. The maximum Gasteiger partial charge on any atom is 0.241 e. The van der Waals surface area contributed by atoms with Gasteiger partial charge in [0.15, 0.2) is 11.5 Å². The molecule has 3 aromatic rings. The number of carbonyl (C=O) groups is 2. The lowest BCUT2D eigenvalue weighted by atomic mass is 10.1. The van der Waals surface area contributed by atoms with Gasteiger partial charge in [0.05, 0.1) is 4.90 Å². The lowest BCUT2D eigenvalue weighted by molar-refractivity contribution is -0.123. The van der Waals surface area contributed by atoms with Crippen LogP contribution in [0.3, 0.4) is 0 Å². The van der Waals surface area contributed by atoms with E-state index in [-0.39, 0.29) is 30.6 Å². The smallest absolute Gasteiger partial charge is 0.241 e. The predicted octanol–water partition coefficient (Wildman–Crippen LogP) is 2.53. The molecule has 2 heterocycles. The Morgan fingerprint density at radius 2 is 1.76 bits per heavy atom. The highest BCUT2D eigenvalue weighted by Crippen LogP contribution is 2.32. The van der Waals surface area contributed by atoms with Gasteiger partial charge in [0.1, 0.15) is 6.04 Å². The van der Waals surface area contributed by atoms with Crippen molar-refractivity contribution in [3.63, 3.8) is 0 Å². The molecule has 0 bridgehead atoms. The number of carbonyl (C=O) groups excluding carboxylic acids is 2. The minimum atomic E-state index is -4.03. The number of rotatable bonds is 8. The van der Waals surface area contributed by atoms with Crippen LogP contribution in [0.1, 0.15) is 23.6 Å². The van der Waals surface area contributed by atoms with Crippen molar-refractivity contribution in [3.8, 4) is 11.5 Å². The van der Waals surface area contributed by atoms with E-state index in [4.69, 9.17) is 9.47 Å². The van der Waals surface area contributed by atoms with Gasteiger partial charge < -0.3 is 19.7 Å². The molecule has 192 valence electrons. The van der Waals surface area contributed by atoms with E-state index in [0.717, 1.165) is 16.7 Å². The summed E-state index contributed by atoms with van der Waals surface area (Å²) in [6.07, 6.45) is 0.748. The molecular weight excluding hydrogens is 494 g/mol. The average Bonchev–Trinajstić information content (AvgIpc) is 3.53. The number of ether oxygens (including phenoxy) is 2. The SMILES string of the molecule is CC(=O)N1CCc2cc(S(=O)(=O)NC(Cc3ccccc3)C(=O)NCc3ccc4c(c3)OCO4)ccc21. The average molecular weight is 522 g/mol. The van der Waals surface area contributed by atoms with Gasteiger partial charge in [-0.1, -0.05) is 36.4 Å². The van der Waals surface area contributed by atoms with Gasteiger partial charge in [-0.05, 0) is 59.9 Å². The molecule has 5 rings (SSSR count). The third-order valence-electron chi connectivity index (χ3n) is 6.44. The second-order valence-corrected chi connectivity index (χ2v) is 10.7. The van der Waals surface area contributed by atoms with Crippen molar-refractivity contribution in [1.29, 1.82) is 0 Å². The topological polar surface area (TPSA) is 114 Å². The number of fused-ring (bicyclic) bond motifs is 2. The summed E-state index contributed by atoms with van der Waals surface area (Å²) in [5.41, 5.74) is 3.12. The van der Waals surface area contributed by atoms with Crippen LogP contribution in [0.25, 0.3) is 0 Å². The maximum absolute atomic E-state index is 13.4. The molecule has 37 heavy (non-hydrogen) atoms. The van der Waals surface area contributed by atoms with Crippen LogP contribution in [-0.4, -0.2) is 39.6 Å². The van der Waals surface area contributed by atoms with Crippen molar-refractivity contribution >= 4 is 27.5 Å². The van der Waals surface area contributed by atoms with E-state index >= 15 is 0 Å². The predicted molar refractivity (Wildman–Crippen MR) is 137 cm³/mol. The van der Waals surface area contributed by atoms with Crippen LogP contribution in [0.15, 0.2) is 71.6 Å². The number of hydrogen-bond donors (Lipinski definition) is 2. The molecule has 1 unspecified atom stereocenters. The fraction of sp³-hybridized carbons (Fsp3) is 0.259. The second kappa shape index (κ2) is 10.2. The van der Waals surface area contributed by atoms with Crippen molar-refractivity contribution < 1.29 is 27.5 Å². The standard InChI is InChI=1S/C27H27N3O6S/c1-18(31)30-12-11-21-15-22(8-9-24(21)30)37(33,34)29-23(13-19-5-3-2-4-6-19)27(32)28-16-20-7-10-25-26(14-20)36-17-35-25/h2-10,14-15,23,29H,11-13,16-17H2,1H3,(H,28,32). The van der Waals surface area contributed by atoms with Crippen molar-refractivity contribution in [2.45, 2.75) is 37.2 Å². The van der Waals surface area contributed by atoms with Crippen LogP contribution in [0.2, 0.25) is 0 Å². The normalized spacial score (nSPS) is 14.8. The zero-order chi connectivity index (χ0) is 26.0. The lowest BCUT2D eigenvalue weighted by Crippen LogP contribution is -2.47. The van der Waals surface area contributed by atoms with Gasteiger partial charge in [-0.25, -0.2) is 8.42 Å². The van der Waals surface area contributed by atoms with Gasteiger partial charge in [-0.2, -0.15) is 4.72 Å². The molecule has 10 heteroatoms. The molecule has 0 aliphatic carbocycles. The largest absolute Gasteiger partial charge is 0.454 e. The van der Waals surface area contributed by atoms with Crippen LogP contribution < -0.4 is 24.4 Å². The number of amides is 2. The van der Waals surface area contributed by atoms with Crippen molar-refractivity contribution in [3.05, 3.63) is 83.4 Å². The van der Waals surface area contributed by atoms with Crippen LogP contribution in [0, 0.1) is 0 Å². The van der Waals surface area contributed by atoms with E-state index in [0.29, 0.717) is 30.2 Å². The first-order chi connectivity index (χ1) is 17.8. The number of hydrogen-bond acceptors (Lipinski definition) is 6. The zero-order valence-corrected chi connectivity index (χ0v) is 21.1. The molecule has 1 atom stereocenters. The molecule has 0 spiro atoms. The van der Waals surface area contributed by atoms with Crippen LogP contribution in [0.4, 0.5) is 5.69 Å². The highest BCUT2D eigenvalue weighted by atomic mass is 32.2. The number of benzene rings is 3. The molecule has 0 saturated carbocycles. The van der Waals surface area contributed by atoms with Crippen LogP contribution in [0.5, 0.6) is 11.5 Å². The number of nitrogens with zero attached hydrogens (tertiary/aromatic N) is 1. The molecule has 3 aromatic carbocycles. The molecule has 9 nitrogen and oxygen atoms in total. The lowest BCUT2D eigenvalue weighted by Gasteiger charge is -2.20. The van der Waals surface area contributed by atoms with Gasteiger partial charge >= 0.3 is 0 Å². The minimum absolute atomic E-state index is 0.0540. The molecular formula is C27H27N3O6S. The third-order valence-corrected chi connectivity index (χ3v) is 7.91. The Hall–Kier alpha value is -3.89. The van der Waals surface area contributed by atoms with E-state index in [1.54, 1.807) is 29.2 Å². The molecule has 2 N–H and O–H groups in total.